The number of aryl methyl sites for hydroxylation is 1. The molecule has 0 aliphatic heterocycles. The first kappa shape index (κ1) is 17.3. The average molecular weight is 353 g/mol. The van der Waals surface area contributed by atoms with Crippen molar-refractivity contribution in [2.75, 3.05) is 12.4 Å². The van der Waals surface area contributed by atoms with Crippen molar-refractivity contribution in [3.8, 4) is 0 Å². The molecule has 1 heterocycles. The summed E-state index contributed by atoms with van der Waals surface area (Å²) in [6.07, 6.45) is 0. The molecule has 0 spiro atoms. The fraction of sp³-hybridized carbons (Fsp3) is 0.200. The van der Waals surface area contributed by atoms with Crippen molar-refractivity contribution in [2.45, 2.75) is 18.7 Å². The van der Waals surface area contributed by atoms with Crippen molar-refractivity contribution in [1.29, 1.82) is 0 Å². The Hall–Kier alpha value is -2.53. The highest BCUT2D eigenvalue weighted by atomic mass is 32.2. The molecule has 3 aromatic rings. The molecule has 0 amide bonds. The highest BCUT2D eigenvalue weighted by molar-refractivity contribution is 7.99. The maximum Gasteiger partial charge on any atom is 0.339 e. The normalized spacial score (nSPS) is 10.8. The van der Waals surface area contributed by atoms with Gasteiger partial charge in [-0.2, -0.15) is 0 Å². The summed E-state index contributed by atoms with van der Waals surface area (Å²) in [6, 6.07) is 14.9. The van der Waals surface area contributed by atoms with Crippen LogP contribution in [0.15, 0.2) is 53.4 Å². The van der Waals surface area contributed by atoms with Crippen LogP contribution in [0.25, 0.3) is 10.9 Å². The average Bonchev–Trinajstić information content (AvgIpc) is 2.96. The smallest absolute Gasteiger partial charge is 0.339 e. The van der Waals surface area contributed by atoms with Gasteiger partial charge in [0.25, 0.3) is 0 Å². The number of aromatic amines is 1. The van der Waals surface area contributed by atoms with E-state index in [1.165, 1.54) is 0 Å². The van der Waals surface area contributed by atoms with Crippen LogP contribution in [0.3, 0.4) is 0 Å². The molecular weight excluding hydrogens is 334 g/mol. The number of ketones is 1. The van der Waals surface area contributed by atoms with Crippen molar-refractivity contribution >= 4 is 34.4 Å². The van der Waals surface area contributed by atoms with Gasteiger partial charge in [-0.15, -0.1) is 11.8 Å². The second-order valence-corrected chi connectivity index (χ2v) is 6.90. The van der Waals surface area contributed by atoms with E-state index in [0.29, 0.717) is 11.1 Å². The molecule has 1 N–H and O–H groups in total. The number of carbonyl (C=O) groups excluding carboxylic acids is 2. The van der Waals surface area contributed by atoms with Crippen LogP contribution < -0.4 is 0 Å². The number of H-pyrrole nitrogens is 1. The number of rotatable bonds is 6. The number of thioether (sulfide) groups is 1. The molecule has 0 aliphatic carbocycles. The number of benzene rings is 2. The molecular formula is C20H19NO3S. The lowest BCUT2D eigenvalue weighted by Gasteiger charge is -2.08. The van der Waals surface area contributed by atoms with Gasteiger partial charge in [-0.05, 0) is 30.9 Å². The molecule has 128 valence electrons. The largest absolute Gasteiger partial charge is 0.454 e. The van der Waals surface area contributed by atoms with Gasteiger partial charge in [-0.1, -0.05) is 37.3 Å². The van der Waals surface area contributed by atoms with Crippen LogP contribution in [0.4, 0.5) is 0 Å². The summed E-state index contributed by atoms with van der Waals surface area (Å²) in [6.45, 7) is 3.60. The van der Waals surface area contributed by atoms with Crippen LogP contribution >= 0.6 is 11.8 Å². The van der Waals surface area contributed by atoms with Gasteiger partial charge in [0.1, 0.15) is 0 Å². The Labute approximate surface area is 150 Å². The number of hydrogen-bond donors (Lipinski definition) is 1. The first-order valence-corrected chi connectivity index (χ1v) is 9.09. The molecule has 0 saturated carbocycles. The molecule has 0 bridgehead atoms. The Morgan fingerprint density at radius 3 is 2.60 bits per heavy atom. The predicted molar refractivity (Wildman–Crippen MR) is 100 cm³/mol. The van der Waals surface area contributed by atoms with E-state index in [9.17, 15) is 9.59 Å². The molecule has 0 radical (unpaired) electrons. The minimum absolute atomic E-state index is 0.205. The van der Waals surface area contributed by atoms with Gasteiger partial charge in [0.15, 0.2) is 6.61 Å². The zero-order valence-electron chi connectivity index (χ0n) is 14.2. The number of nitrogens with one attached hydrogen (secondary N) is 1. The molecule has 3 rings (SSSR count). The lowest BCUT2D eigenvalue weighted by atomic mass is 10.1. The Morgan fingerprint density at radius 1 is 1.08 bits per heavy atom. The third-order valence-electron chi connectivity index (χ3n) is 3.91. The Morgan fingerprint density at radius 2 is 1.80 bits per heavy atom. The van der Waals surface area contributed by atoms with E-state index >= 15 is 0 Å². The van der Waals surface area contributed by atoms with Gasteiger partial charge in [-0.3, -0.25) is 4.79 Å². The number of esters is 1. The summed E-state index contributed by atoms with van der Waals surface area (Å²) in [5.41, 5.74) is 2.76. The van der Waals surface area contributed by atoms with Gasteiger partial charge >= 0.3 is 5.97 Å². The van der Waals surface area contributed by atoms with Crippen LogP contribution in [0, 0.1) is 6.92 Å². The molecule has 0 fully saturated rings. The lowest BCUT2D eigenvalue weighted by molar-refractivity contribution is 0.0471. The molecule has 0 aliphatic rings. The summed E-state index contributed by atoms with van der Waals surface area (Å²) in [4.78, 5) is 29.0. The predicted octanol–water partition coefficient (Wildman–Crippen LogP) is 4.63. The maximum absolute atomic E-state index is 12.6. The van der Waals surface area contributed by atoms with Gasteiger partial charge in [0.05, 0.1) is 5.56 Å². The molecule has 1 aromatic heterocycles. The zero-order valence-corrected chi connectivity index (χ0v) is 15.0. The number of carbonyl (C=O) groups is 2. The lowest BCUT2D eigenvalue weighted by Crippen LogP contribution is -2.15. The second-order valence-electron chi connectivity index (χ2n) is 5.60. The van der Waals surface area contributed by atoms with Crippen molar-refractivity contribution in [3.63, 3.8) is 0 Å². The Bertz CT molecular complexity index is 930. The van der Waals surface area contributed by atoms with Crippen molar-refractivity contribution < 1.29 is 14.3 Å². The van der Waals surface area contributed by atoms with E-state index in [1.54, 1.807) is 23.9 Å². The summed E-state index contributed by atoms with van der Waals surface area (Å²) in [7, 11) is 0. The summed E-state index contributed by atoms with van der Waals surface area (Å²) in [5, 5.41) is 0.850. The van der Waals surface area contributed by atoms with Gasteiger partial charge < -0.3 is 9.72 Å². The van der Waals surface area contributed by atoms with Crippen LogP contribution in [-0.2, 0) is 4.74 Å². The summed E-state index contributed by atoms with van der Waals surface area (Å²) in [5.74, 6) is 0.184. The molecule has 0 saturated heterocycles. The van der Waals surface area contributed by atoms with Crippen molar-refractivity contribution in [1.82, 2.24) is 4.98 Å². The van der Waals surface area contributed by atoms with E-state index < -0.39 is 5.97 Å². The van der Waals surface area contributed by atoms with E-state index in [-0.39, 0.29) is 12.4 Å². The molecule has 5 heteroatoms. The molecule has 25 heavy (non-hydrogen) atoms. The molecule has 0 unspecified atom stereocenters. The molecule has 0 atom stereocenters. The third-order valence-corrected chi connectivity index (χ3v) is 4.87. The fourth-order valence-electron chi connectivity index (χ4n) is 2.83. The number of hydrogen-bond acceptors (Lipinski definition) is 4. The van der Waals surface area contributed by atoms with Crippen LogP contribution in [0.2, 0.25) is 0 Å². The third kappa shape index (κ3) is 3.61. The van der Waals surface area contributed by atoms with Crippen LogP contribution in [-0.4, -0.2) is 29.1 Å². The molecule has 4 nitrogen and oxygen atoms in total. The number of ether oxygens (including phenoxy) is 1. The van der Waals surface area contributed by atoms with Gasteiger partial charge in [-0.25, -0.2) is 4.79 Å². The van der Waals surface area contributed by atoms with Crippen molar-refractivity contribution in [2.24, 2.45) is 0 Å². The Kier molecular flexibility index (Phi) is 5.24. The monoisotopic (exact) mass is 353 g/mol. The second kappa shape index (κ2) is 7.57. The van der Waals surface area contributed by atoms with E-state index in [2.05, 4.69) is 4.98 Å². The topological polar surface area (TPSA) is 59.2 Å². The fourth-order valence-corrected chi connectivity index (χ4v) is 3.63. The van der Waals surface area contributed by atoms with Gasteiger partial charge in [0, 0.05) is 27.1 Å². The summed E-state index contributed by atoms with van der Waals surface area (Å²) < 4.78 is 5.29. The highest BCUT2D eigenvalue weighted by Gasteiger charge is 2.19. The first-order valence-electron chi connectivity index (χ1n) is 8.11. The number of para-hydroxylation sites is 1. The number of Topliss-reactive ketones (excluding diaryl/α,β-unsaturated/α-hetero) is 1. The van der Waals surface area contributed by atoms with Crippen molar-refractivity contribution in [3.05, 3.63) is 65.4 Å². The minimum atomic E-state index is -0.470. The van der Waals surface area contributed by atoms with Crippen LogP contribution in [0.1, 0.15) is 33.3 Å². The maximum atomic E-state index is 12.6. The van der Waals surface area contributed by atoms with E-state index in [4.69, 9.17) is 4.74 Å². The van der Waals surface area contributed by atoms with Crippen LogP contribution in [0.5, 0.6) is 0 Å². The number of aromatic nitrogens is 1. The standard InChI is InChI=1S/C20H19NO3S/c1-3-25-18-11-7-5-9-15(18)20(23)24-12-17(22)19-13(2)21-16-10-6-4-8-14(16)19/h4-11,21H,3,12H2,1-2H3. The number of fused-ring (bicyclic) bond motifs is 1. The Balaban J connectivity index is 1.76. The zero-order chi connectivity index (χ0) is 17.8. The van der Waals surface area contributed by atoms with E-state index in [0.717, 1.165) is 27.2 Å². The van der Waals surface area contributed by atoms with Gasteiger partial charge in [0.2, 0.25) is 5.78 Å². The quantitative estimate of drug-likeness (QED) is 0.399. The SMILES string of the molecule is CCSc1ccccc1C(=O)OCC(=O)c1c(C)[nH]c2ccccc12. The van der Waals surface area contributed by atoms with E-state index in [1.807, 2.05) is 50.2 Å². The minimum Gasteiger partial charge on any atom is -0.454 e. The molecule has 2 aromatic carbocycles. The first-order chi connectivity index (χ1) is 12.1. The highest BCUT2D eigenvalue weighted by Crippen LogP contribution is 2.24. The summed E-state index contributed by atoms with van der Waals surface area (Å²) >= 11 is 1.58.